The van der Waals surface area contributed by atoms with Crippen molar-refractivity contribution in [1.82, 2.24) is 29.5 Å². The number of aromatic amines is 1. The first-order valence-electron chi connectivity index (χ1n) is 10.9. The molecule has 12 heteroatoms. The lowest BCUT2D eigenvalue weighted by molar-refractivity contribution is -0.391. The highest BCUT2D eigenvalue weighted by Gasteiger charge is 2.16. The summed E-state index contributed by atoms with van der Waals surface area (Å²) in [6.07, 6.45) is 4.08. The van der Waals surface area contributed by atoms with Crippen LogP contribution >= 0.6 is 35.3 Å². The van der Waals surface area contributed by atoms with Crippen LogP contribution in [0.5, 0.6) is 0 Å². The first kappa shape index (κ1) is 23.6. The fraction of sp³-hybridized carbons (Fsp3) is 0.217. The van der Waals surface area contributed by atoms with Crippen LogP contribution in [0.4, 0.5) is 5.82 Å². The highest BCUT2D eigenvalue weighted by atomic mass is 32.2. The molecule has 4 heterocycles. The van der Waals surface area contributed by atoms with Crippen LogP contribution in [0.3, 0.4) is 0 Å². The normalized spacial score (nSPS) is 11.5. The molecule has 4 aromatic heterocycles. The van der Waals surface area contributed by atoms with Crippen molar-refractivity contribution in [1.29, 1.82) is 0 Å². The number of imidazole rings is 2. The molecule has 0 saturated heterocycles. The summed E-state index contributed by atoms with van der Waals surface area (Å²) >= 11 is 5.07. The van der Waals surface area contributed by atoms with Crippen molar-refractivity contribution < 1.29 is 4.92 Å². The fourth-order valence-corrected chi connectivity index (χ4v) is 6.35. The molecule has 5 aromatic rings. The molecule has 0 bridgehead atoms. The second-order valence-electron chi connectivity index (χ2n) is 7.59. The number of nitrogens with zero attached hydrogens (tertiary/aromatic N) is 6. The molecular formula is C23H21N7O2S3. The molecule has 178 valence electrons. The van der Waals surface area contributed by atoms with Crippen molar-refractivity contribution in [2.24, 2.45) is 0 Å². The summed E-state index contributed by atoms with van der Waals surface area (Å²) in [4.78, 5) is 28.5. The van der Waals surface area contributed by atoms with Crippen LogP contribution in [0.25, 0.3) is 16.7 Å². The molecule has 0 saturated carbocycles. The van der Waals surface area contributed by atoms with Crippen LogP contribution in [0, 0.1) is 17.0 Å². The van der Waals surface area contributed by atoms with Crippen LogP contribution in [-0.2, 0) is 5.75 Å². The van der Waals surface area contributed by atoms with E-state index in [1.807, 2.05) is 48.3 Å². The lowest BCUT2D eigenvalue weighted by Gasteiger charge is -2.09. The lowest BCUT2D eigenvalue weighted by atomic mass is 10.2. The Hall–Kier alpha value is -3.09. The summed E-state index contributed by atoms with van der Waals surface area (Å²) < 4.78 is 1.28. The number of hydrogen-bond acceptors (Lipinski definition) is 9. The van der Waals surface area contributed by atoms with E-state index in [4.69, 9.17) is 0 Å². The summed E-state index contributed by atoms with van der Waals surface area (Å²) in [5, 5.41) is 17.1. The van der Waals surface area contributed by atoms with Gasteiger partial charge in [0.25, 0.3) is 0 Å². The van der Waals surface area contributed by atoms with Gasteiger partial charge in [0.05, 0.1) is 16.7 Å². The van der Waals surface area contributed by atoms with Gasteiger partial charge >= 0.3 is 5.82 Å². The largest absolute Gasteiger partial charge is 0.368 e. The number of aromatic nitrogens is 6. The molecule has 1 aromatic carbocycles. The van der Waals surface area contributed by atoms with Crippen molar-refractivity contribution >= 4 is 57.8 Å². The van der Waals surface area contributed by atoms with E-state index in [1.165, 1.54) is 21.2 Å². The molecule has 0 aliphatic rings. The molecule has 0 spiro atoms. The van der Waals surface area contributed by atoms with Gasteiger partial charge in [-0.05, 0) is 53.8 Å². The van der Waals surface area contributed by atoms with Crippen molar-refractivity contribution in [2.45, 2.75) is 34.2 Å². The number of H-pyrrole nitrogens is 1. The number of rotatable bonds is 10. The topological polar surface area (TPSA) is 115 Å². The van der Waals surface area contributed by atoms with E-state index in [-0.39, 0.29) is 5.82 Å². The van der Waals surface area contributed by atoms with Gasteiger partial charge in [-0.15, -0.1) is 23.5 Å². The molecule has 0 aliphatic carbocycles. The van der Waals surface area contributed by atoms with Gasteiger partial charge < -0.3 is 15.1 Å². The van der Waals surface area contributed by atoms with Gasteiger partial charge in [-0.3, -0.25) is 4.98 Å². The number of pyridine rings is 1. The van der Waals surface area contributed by atoms with E-state index in [1.54, 1.807) is 29.6 Å². The molecule has 0 unspecified atom stereocenters. The van der Waals surface area contributed by atoms with Crippen molar-refractivity contribution in [3.05, 3.63) is 76.2 Å². The molecule has 0 amide bonds. The molecule has 0 radical (unpaired) electrons. The predicted molar refractivity (Wildman–Crippen MR) is 140 cm³/mol. The van der Waals surface area contributed by atoms with Gasteiger partial charge in [0.2, 0.25) is 5.65 Å². The predicted octanol–water partition coefficient (Wildman–Crippen LogP) is 5.78. The van der Waals surface area contributed by atoms with Gasteiger partial charge in [-0.2, -0.15) is 0 Å². The van der Waals surface area contributed by atoms with E-state index < -0.39 is 4.92 Å². The molecule has 1 N–H and O–H groups in total. The minimum absolute atomic E-state index is 0.125. The minimum Gasteiger partial charge on any atom is -0.358 e. The number of hydrogen-bond donors (Lipinski definition) is 1. The third-order valence-corrected chi connectivity index (χ3v) is 8.41. The molecule has 35 heavy (non-hydrogen) atoms. The minimum atomic E-state index is -0.474. The quantitative estimate of drug-likeness (QED) is 0.105. The SMILES string of the molecule is Cc1c(SCCCSc2ccc3ncc([N+](=O)[O-])n3n2)ccnc1CSc1nc2ccccc2[nH]1. The van der Waals surface area contributed by atoms with Gasteiger partial charge in [0.1, 0.15) is 11.2 Å². The first-order valence-corrected chi connectivity index (χ1v) is 13.8. The van der Waals surface area contributed by atoms with E-state index in [0.29, 0.717) is 5.65 Å². The highest BCUT2D eigenvalue weighted by molar-refractivity contribution is 8.00. The standard InChI is InChI=1S/C23H21N7O2S3/c1-15-18(14-35-23-26-16-5-2-3-6-17(16)27-23)24-10-9-19(15)33-11-4-12-34-21-8-7-20-25-13-22(30(31)32)29(20)28-21/h2-3,5-10,13H,4,11-12,14H2,1H3,(H,26,27). The second-order valence-corrected chi connectivity index (χ2v) is 10.8. The van der Waals surface area contributed by atoms with Crippen molar-refractivity contribution in [3.63, 3.8) is 0 Å². The van der Waals surface area contributed by atoms with Crippen LogP contribution < -0.4 is 0 Å². The van der Waals surface area contributed by atoms with E-state index in [9.17, 15) is 10.1 Å². The summed E-state index contributed by atoms with van der Waals surface area (Å²) in [6.45, 7) is 2.12. The van der Waals surface area contributed by atoms with Gasteiger partial charge in [0, 0.05) is 28.7 Å². The molecule has 9 nitrogen and oxygen atoms in total. The summed E-state index contributed by atoms with van der Waals surface area (Å²) in [5.41, 5.74) is 4.75. The van der Waals surface area contributed by atoms with Gasteiger partial charge in [0.15, 0.2) is 5.16 Å². The maximum Gasteiger partial charge on any atom is 0.368 e. The zero-order valence-electron chi connectivity index (χ0n) is 18.7. The van der Waals surface area contributed by atoms with Crippen molar-refractivity contribution in [2.75, 3.05) is 11.5 Å². The highest BCUT2D eigenvalue weighted by Crippen LogP contribution is 2.29. The monoisotopic (exact) mass is 523 g/mol. The Bertz CT molecular complexity index is 1470. The third kappa shape index (κ3) is 5.44. The van der Waals surface area contributed by atoms with Gasteiger partial charge in [-0.1, -0.05) is 33.5 Å². The number of thioether (sulfide) groups is 3. The summed E-state index contributed by atoms with van der Waals surface area (Å²) in [7, 11) is 0. The Labute approximate surface area is 213 Å². The molecule has 0 aliphatic heterocycles. The van der Waals surface area contributed by atoms with Crippen LogP contribution in [0.15, 0.2) is 69.9 Å². The fourth-order valence-electron chi connectivity index (χ4n) is 3.46. The van der Waals surface area contributed by atoms with E-state index in [0.717, 1.165) is 50.6 Å². The number of para-hydroxylation sites is 2. The summed E-state index contributed by atoms with van der Waals surface area (Å²) in [5.74, 6) is 2.46. The lowest BCUT2D eigenvalue weighted by Crippen LogP contribution is -1.99. The second kappa shape index (κ2) is 10.7. The van der Waals surface area contributed by atoms with Crippen LogP contribution in [0.1, 0.15) is 17.7 Å². The van der Waals surface area contributed by atoms with E-state index >= 15 is 0 Å². The third-order valence-electron chi connectivity index (χ3n) is 5.28. The Morgan fingerprint density at radius 3 is 2.77 bits per heavy atom. The van der Waals surface area contributed by atoms with Crippen LogP contribution in [-0.4, -0.2) is 46.0 Å². The first-order chi connectivity index (χ1) is 17.1. The van der Waals surface area contributed by atoms with Crippen LogP contribution in [0.2, 0.25) is 0 Å². The molecule has 0 fully saturated rings. The number of benzene rings is 1. The Morgan fingerprint density at radius 1 is 1.06 bits per heavy atom. The zero-order valence-corrected chi connectivity index (χ0v) is 21.2. The number of nitrogens with one attached hydrogen (secondary N) is 1. The Morgan fingerprint density at radius 2 is 1.91 bits per heavy atom. The number of fused-ring (bicyclic) bond motifs is 2. The Balaban J connectivity index is 1.13. The maximum atomic E-state index is 11.1. The smallest absolute Gasteiger partial charge is 0.358 e. The Kier molecular flexibility index (Phi) is 7.21. The van der Waals surface area contributed by atoms with Gasteiger partial charge in [-0.25, -0.2) is 9.97 Å². The molecular weight excluding hydrogens is 503 g/mol. The van der Waals surface area contributed by atoms with Crippen molar-refractivity contribution in [3.8, 4) is 0 Å². The maximum absolute atomic E-state index is 11.1. The summed E-state index contributed by atoms with van der Waals surface area (Å²) in [6, 6.07) is 13.7. The molecule has 5 rings (SSSR count). The molecule has 0 atom stereocenters. The average molecular weight is 524 g/mol. The number of nitro groups is 1. The zero-order chi connectivity index (χ0) is 24.2. The van der Waals surface area contributed by atoms with E-state index in [2.05, 4.69) is 38.0 Å². The average Bonchev–Trinajstić information content (AvgIpc) is 3.47.